The zero-order valence-electron chi connectivity index (χ0n) is 11.1. The van der Waals surface area contributed by atoms with Crippen LogP contribution in [0.4, 0.5) is 0 Å². The van der Waals surface area contributed by atoms with Gasteiger partial charge in [0.05, 0.1) is 6.26 Å². The summed E-state index contributed by atoms with van der Waals surface area (Å²) in [5, 5.41) is 3.60. The molecule has 0 amide bonds. The molecule has 1 aromatic carbocycles. The van der Waals surface area contributed by atoms with Gasteiger partial charge < -0.3 is 10.1 Å². The molecule has 20 heavy (non-hydrogen) atoms. The molecule has 0 saturated carbocycles. The Balaban J connectivity index is 1.93. The van der Waals surface area contributed by atoms with E-state index in [0.717, 1.165) is 18.7 Å². The van der Waals surface area contributed by atoms with Gasteiger partial charge in [0.2, 0.25) is 0 Å². The highest BCUT2D eigenvalue weighted by molar-refractivity contribution is 5.72. The predicted molar refractivity (Wildman–Crippen MR) is 78.6 cm³/mol. The van der Waals surface area contributed by atoms with Crippen LogP contribution in [0.2, 0.25) is 0 Å². The summed E-state index contributed by atoms with van der Waals surface area (Å²) in [6.07, 6.45) is 14.1. The van der Waals surface area contributed by atoms with Crippen molar-refractivity contribution < 1.29 is 4.74 Å². The molecule has 1 fully saturated rings. The van der Waals surface area contributed by atoms with Gasteiger partial charge >= 0.3 is 0 Å². The van der Waals surface area contributed by atoms with Gasteiger partial charge in [0.1, 0.15) is 11.2 Å². The standard InChI is InChI=1S/C18H15NO/c1-2-5-14-13(4-1)12-15-18-9-11-20-16(18)6-3-7-17(14,18)8-10-19-15/h1-7,9,11-12,19H,8,10H2/t17-,18-/m1/s1. The fraction of sp³-hybridized carbons (Fsp3) is 0.222. The number of benzene rings is 1. The molecule has 4 aliphatic rings. The van der Waals surface area contributed by atoms with Crippen molar-refractivity contribution in [2.24, 2.45) is 5.41 Å². The summed E-state index contributed by atoms with van der Waals surface area (Å²) in [5.74, 6) is 1.05. The summed E-state index contributed by atoms with van der Waals surface area (Å²) in [7, 11) is 0. The van der Waals surface area contributed by atoms with Gasteiger partial charge in [0, 0.05) is 17.7 Å². The molecule has 0 aromatic heterocycles. The van der Waals surface area contributed by atoms with Crippen LogP contribution in [0.1, 0.15) is 17.5 Å². The molecule has 98 valence electrons. The molecule has 2 heterocycles. The molecule has 1 saturated heterocycles. The summed E-state index contributed by atoms with van der Waals surface area (Å²) in [5.41, 5.74) is 3.85. The van der Waals surface area contributed by atoms with Gasteiger partial charge in [0.15, 0.2) is 0 Å². The topological polar surface area (TPSA) is 21.3 Å². The Labute approximate surface area is 118 Å². The second-order valence-electron chi connectivity index (χ2n) is 5.91. The van der Waals surface area contributed by atoms with Gasteiger partial charge in [-0.2, -0.15) is 0 Å². The Morgan fingerprint density at radius 1 is 1.15 bits per heavy atom. The normalized spacial score (nSPS) is 35.0. The van der Waals surface area contributed by atoms with E-state index in [1.165, 1.54) is 16.8 Å². The van der Waals surface area contributed by atoms with Crippen molar-refractivity contribution in [1.82, 2.24) is 5.32 Å². The van der Waals surface area contributed by atoms with Gasteiger partial charge in [0.25, 0.3) is 0 Å². The maximum atomic E-state index is 5.81. The molecule has 1 spiro atoms. The first kappa shape index (κ1) is 10.6. The number of nitrogens with one attached hydrogen (secondary N) is 1. The minimum atomic E-state index is -0.158. The highest BCUT2D eigenvalue weighted by Gasteiger charge is 2.61. The third kappa shape index (κ3) is 0.933. The fourth-order valence-electron chi connectivity index (χ4n) is 4.42. The second kappa shape index (κ2) is 3.26. The van der Waals surface area contributed by atoms with Crippen LogP contribution in [0.15, 0.2) is 66.3 Å². The Bertz CT molecular complexity index is 740. The van der Waals surface area contributed by atoms with Crippen LogP contribution < -0.4 is 5.32 Å². The number of rotatable bonds is 0. The molecule has 5 rings (SSSR count). The summed E-state index contributed by atoms with van der Waals surface area (Å²) in [6, 6.07) is 8.75. The lowest BCUT2D eigenvalue weighted by atomic mass is 9.50. The highest BCUT2D eigenvalue weighted by Crippen LogP contribution is 2.63. The van der Waals surface area contributed by atoms with Crippen molar-refractivity contribution in [2.75, 3.05) is 6.54 Å². The molecular weight excluding hydrogens is 246 g/mol. The van der Waals surface area contributed by atoms with Gasteiger partial charge in [-0.25, -0.2) is 0 Å². The first-order chi connectivity index (χ1) is 9.87. The summed E-state index contributed by atoms with van der Waals surface area (Å²) >= 11 is 0. The van der Waals surface area contributed by atoms with Gasteiger partial charge in [-0.3, -0.25) is 0 Å². The molecule has 2 nitrogen and oxygen atoms in total. The van der Waals surface area contributed by atoms with E-state index >= 15 is 0 Å². The van der Waals surface area contributed by atoms with Gasteiger partial charge in [-0.05, 0) is 35.8 Å². The number of hydrogen-bond donors (Lipinski definition) is 1. The predicted octanol–water partition coefficient (Wildman–Crippen LogP) is 3.26. The lowest BCUT2D eigenvalue weighted by molar-refractivity contribution is 0.190. The molecule has 2 aliphatic heterocycles. The van der Waals surface area contributed by atoms with Crippen LogP contribution >= 0.6 is 0 Å². The van der Waals surface area contributed by atoms with E-state index in [1.54, 1.807) is 0 Å². The lowest BCUT2D eigenvalue weighted by Crippen LogP contribution is -2.56. The number of ether oxygens (including phenoxy) is 1. The van der Waals surface area contributed by atoms with Crippen LogP contribution in [0.3, 0.4) is 0 Å². The van der Waals surface area contributed by atoms with Crippen molar-refractivity contribution >= 4 is 6.08 Å². The molecule has 1 aromatic rings. The Morgan fingerprint density at radius 3 is 3.10 bits per heavy atom. The van der Waals surface area contributed by atoms with E-state index in [0.29, 0.717) is 0 Å². The summed E-state index contributed by atoms with van der Waals surface area (Å²) < 4.78 is 5.81. The van der Waals surface area contributed by atoms with Crippen LogP contribution in [-0.4, -0.2) is 6.54 Å². The first-order valence-electron chi connectivity index (χ1n) is 7.17. The minimum Gasteiger partial charge on any atom is -0.468 e. The third-order valence-corrected chi connectivity index (χ3v) is 5.23. The van der Waals surface area contributed by atoms with Crippen LogP contribution in [0, 0.1) is 5.41 Å². The van der Waals surface area contributed by atoms with Gasteiger partial charge in [-0.1, -0.05) is 36.4 Å². The quantitative estimate of drug-likeness (QED) is 0.774. The Kier molecular flexibility index (Phi) is 1.72. The van der Waals surface area contributed by atoms with E-state index in [9.17, 15) is 0 Å². The maximum Gasteiger partial charge on any atom is 0.120 e. The average Bonchev–Trinajstić information content (AvgIpc) is 2.90. The van der Waals surface area contributed by atoms with Crippen molar-refractivity contribution in [3.05, 3.63) is 77.4 Å². The SMILES string of the molecule is C1=C[C@@]23CCNC(=Cc4ccccc42)[C@@]32C=COC2=C1. The lowest BCUT2D eigenvalue weighted by Gasteiger charge is -2.55. The number of hydrogen-bond acceptors (Lipinski definition) is 2. The monoisotopic (exact) mass is 261 g/mol. The average molecular weight is 261 g/mol. The number of fused-ring (bicyclic) bond motifs is 1. The molecule has 2 bridgehead atoms. The summed E-state index contributed by atoms with van der Waals surface area (Å²) in [6.45, 7) is 1.01. The smallest absolute Gasteiger partial charge is 0.120 e. The Hall–Kier alpha value is -2.22. The molecule has 2 aliphatic carbocycles. The maximum absolute atomic E-state index is 5.81. The van der Waals surface area contributed by atoms with E-state index < -0.39 is 0 Å². The molecule has 2 heteroatoms. The number of piperidine rings is 1. The van der Waals surface area contributed by atoms with Crippen molar-refractivity contribution in [2.45, 2.75) is 11.8 Å². The van der Waals surface area contributed by atoms with E-state index in [-0.39, 0.29) is 10.8 Å². The Morgan fingerprint density at radius 2 is 2.10 bits per heavy atom. The fourth-order valence-corrected chi connectivity index (χ4v) is 4.42. The molecule has 0 unspecified atom stereocenters. The number of allylic oxidation sites excluding steroid dienone is 3. The van der Waals surface area contributed by atoms with Crippen molar-refractivity contribution in [3.63, 3.8) is 0 Å². The third-order valence-electron chi connectivity index (χ3n) is 5.23. The first-order valence-corrected chi connectivity index (χ1v) is 7.17. The summed E-state index contributed by atoms with van der Waals surface area (Å²) in [4.78, 5) is 0. The van der Waals surface area contributed by atoms with Crippen LogP contribution in [0.25, 0.3) is 6.08 Å². The molecule has 0 radical (unpaired) electrons. The van der Waals surface area contributed by atoms with E-state index in [1.807, 2.05) is 6.26 Å². The molecule has 2 atom stereocenters. The highest BCUT2D eigenvalue weighted by atomic mass is 16.5. The molecule has 1 N–H and O–H groups in total. The molecular formula is C18H15NO. The zero-order valence-corrected chi connectivity index (χ0v) is 11.1. The minimum absolute atomic E-state index is 0.00396. The van der Waals surface area contributed by atoms with Crippen molar-refractivity contribution in [1.29, 1.82) is 0 Å². The van der Waals surface area contributed by atoms with E-state index in [2.05, 4.69) is 60.0 Å². The van der Waals surface area contributed by atoms with E-state index in [4.69, 9.17) is 4.74 Å². The van der Waals surface area contributed by atoms with Crippen molar-refractivity contribution in [3.8, 4) is 0 Å². The van der Waals surface area contributed by atoms with Gasteiger partial charge in [-0.15, -0.1) is 0 Å². The second-order valence-corrected chi connectivity index (χ2v) is 5.91. The van der Waals surface area contributed by atoms with Crippen LogP contribution in [-0.2, 0) is 10.2 Å². The largest absolute Gasteiger partial charge is 0.468 e. The zero-order chi connectivity index (χ0) is 13.2. The van der Waals surface area contributed by atoms with Crippen LogP contribution in [0.5, 0.6) is 0 Å².